The second-order valence-electron chi connectivity index (χ2n) is 10.1. The van der Waals surface area contributed by atoms with Crippen LogP contribution in [0, 0.1) is 5.92 Å². The summed E-state index contributed by atoms with van der Waals surface area (Å²) < 4.78 is 39.6. The van der Waals surface area contributed by atoms with Crippen LogP contribution in [0.1, 0.15) is 61.6 Å². The molecule has 10 heteroatoms. The van der Waals surface area contributed by atoms with Crippen LogP contribution in [0.4, 0.5) is 19.0 Å². The van der Waals surface area contributed by atoms with Crippen molar-refractivity contribution in [2.45, 2.75) is 57.9 Å². The van der Waals surface area contributed by atoms with Crippen molar-refractivity contribution in [2.24, 2.45) is 5.92 Å². The predicted molar refractivity (Wildman–Crippen MR) is 131 cm³/mol. The number of aliphatic hydroxyl groups excluding tert-OH is 1. The Hall–Kier alpha value is -2.72. The Morgan fingerprint density at radius 2 is 1.92 bits per heavy atom. The summed E-state index contributed by atoms with van der Waals surface area (Å²) in [6, 6.07) is 5.38. The Morgan fingerprint density at radius 1 is 1.19 bits per heavy atom. The van der Waals surface area contributed by atoms with Gasteiger partial charge in [0.1, 0.15) is 12.1 Å². The van der Waals surface area contributed by atoms with Crippen molar-refractivity contribution >= 4 is 11.7 Å². The number of rotatable bonds is 7. The van der Waals surface area contributed by atoms with Gasteiger partial charge in [-0.3, -0.25) is 4.79 Å². The lowest BCUT2D eigenvalue weighted by Gasteiger charge is -2.38. The summed E-state index contributed by atoms with van der Waals surface area (Å²) in [6.45, 7) is 8.57. The van der Waals surface area contributed by atoms with Crippen molar-refractivity contribution in [3.63, 3.8) is 0 Å². The van der Waals surface area contributed by atoms with Gasteiger partial charge in [0.15, 0.2) is 0 Å². The number of carbonyl (C=O) groups excluding carboxylic acids is 1. The van der Waals surface area contributed by atoms with E-state index in [4.69, 9.17) is 0 Å². The first-order valence-corrected chi connectivity index (χ1v) is 12.5. The zero-order chi connectivity index (χ0) is 26.0. The van der Waals surface area contributed by atoms with E-state index in [0.717, 1.165) is 23.5 Å². The van der Waals surface area contributed by atoms with E-state index in [-0.39, 0.29) is 24.3 Å². The van der Waals surface area contributed by atoms with Crippen molar-refractivity contribution in [3.05, 3.63) is 53.0 Å². The molecule has 0 saturated carbocycles. The van der Waals surface area contributed by atoms with E-state index in [1.165, 1.54) is 12.4 Å². The number of fused-ring (bicyclic) bond motifs is 1. The van der Waals surface area contributed by atoms with E-state index < -0.39 is 23.8 Å². The van der Waals surface area contributed by atoms with Crippen LogP contribution in [0.25, 0.3) is 0 Å². The van der Waals surface area contributed by atoms with E-state index in [1.54, 1.807) is 11.0 Å². The second kappa shape index (κ2) is 10.7. The number of anilines is 1. The Bertz CT molecular complexity index is 1070. The monoisotopic (exact) mass is 505 g/mol. The third kappa shape index (κ3) is 5.81. The molecule has 0 radical (unpaired) electrons. The van der Waals surface area contributed by atoms with E-state index in [1.807, 2.05) is 13.8 Å². The molecule has 2 N–H and O–H groups in total. The van der Waals surface area contributed by atoms with Crippen LogP contribution in [-0.2, 0) is 17.4 Å². The Balaban J connectivity index is 1.45. The lowest BCUT2D eigenvalue weighted by molar-refractivity contribution is -0.137. The highest BCUT2D eigenvalue weighted by Crippen LogP contribution is 2.42. The molecule has 2 heterocycles. The Morgan fingerprint density at radius 3 is 2.58 bits per heavy atom. The van der Waals surface area contributed by atoms with Crippen LogP contribution in [-0.4, -0.2) is 64.6 Å². The molecular weight excluding hydrogens is 471 g/mol. The van der Waals surface area contributed by atoms with Crippen LogP contribution in [0.2, 0.25) is 0 Å². The van der Waals surface area contributed by atoms with E-state index >= 15 is 0 Å². The van der Waals surface area contributed by atoms with Crippen molar-refractivity contribution in [1.82, 2.24) is 20.2 Å². The Kier molecular flexibility index (Phi) is 7.85. The average molecular weight is 506 g/mol. The number of aromatic nitrogens is 2. The largest absolute Gasteiger partial charge is 0.416 e. The molecule has 7 nitrogen and oxygen atoms in total. The molecule has 36 heavy (non-hydrogen) atoms. The van der Waals surface area contributed by atoms with E-state index in [9.17, 15) is 23.1 Å². The fourth-order valence-corrected chi connectivity index (χ4v) is 5.13. The first-order chi connectivity index (χ1) is 17.0. The summed E-state index contributed by atoms with van der Waals surface area (Å²) in [5, 5.41) is 13.6. The molecule has 1 aromatic heterocycles. The molecule has 1 amide bonds. The van der Waals surface area contributed by atoms with Gasteiger partial charge < -0.3 is 20.2 Å². The zero-order valence-electron chi connectivity index (χ0n) is 20.9. The molecule has 1 aromatic carbocycles. The number of aliphatic hydroxyl groups is 1. The molecule has 196 valence electrons. The molecule has 4 rings (SSSR count). The number of benzene rings is 1. The minimum atomic E-state index is -4.42. The van der Waals surface area contributed by atoms with Gasteiger partial charge in [-0.05, 0) is 30.4 Å². The first kappa shape index (κ1) is 26.3. The van der Waals surface area contributed by atoms with Crippen LogP contribution in [0.15, 0.2) is 30.6 Å². The highest BCUT2D eigenvalue weighted by molar-refractivity contribution is 5.80. The molecular formula is C26H34F3N5O2. The first-order valence-electron chi connectivity index (χ1n) is 12.5. The summed E-state index contributed by atoms with van der Waals surface area (Å²) in [5.74, 6) is 0.445. The number of carbonyl (C=O) groups is 1. The number of nitrogens with zero attached hydrogens (tertiary/aromatic N) is 4. The maximum atomic E-state index is 13.5. The van der Waals surface area contributed by atoms with Gasteiger partial charge >= 0.3 is 6.18 Å². The number of nitrogens with one attached hydrogen (secondary N) is 1. The lowest BCUT2D eigenvalue weighted by Crippen LogP contribution is -2.52. The fourth-order valence-electron chi connectivity index (χ4n) is 5.13. The van der Waals surface area contributed by atoms with Gasteiger partial charge in [0.2, 0.25) is 5.91 Å². The quantitative estimate of drug-likeness (QED) is 0.599. The van der Waals surface area contributed by atoms with Crippen molar-refractivity contribution in [2.75, 3.05) is 37.6 Å². The average Bonchev–Trinajstić information content (AvgIpc) is 3.14. The Labute approximate surface area is 209 Å². The number of hydrogen-bond donors (Lipinski definition) is 2. The third-order valence-corrected chi connectivity index (χ3v) is 7.03. The topological polar surface area (TPSA) is 81.6 Å². The number of piperazine rings is 1. The summed E-state index contributed by atoms with van der Waals surface area (Å²) in [6.07, 6.45) is -2.66. The van der Waals surface area contributed by atoms with Gasteiger partial charge in [-0.2, -0.15) is 13.2 Å². The standard InChI is InChI=1S/C26H34F3N5O2/c1-16(2)30-14-19(12-18-5-4-6-20(13-18)26(27,28)29)25(36)34-9-7-33(8-10-34)24-22-17(3)11-21(35)23(22)31-15-32-24/h4-6,13,15-17,19,21,30,35H,7-12,14H2,1-3H3/t17-,19?,21-/m1/s1. The number of amides is 1. The SMILES string of the molecule is CC(C)NCC(Cc1cccc(C(F)(F)F)c1)C(=O)N1CCN(c2ncnc3c2[C@H](C)C[C@H]3O)CC1. The van der Waals surface area contributed by atoms with Gasteiger partial charge in [-0.25, -0.2) is 9.97 Å². The molecule has 0 spiro atoms. The molecule has 2 aromatic rings. The molecule has 2 aliphatic rings. The lowest BCUT2D eigenvalue weighted by atomic mass is 9.95. The molecule has 1 aliphatic carbocycles. The maximum absolute atomic E-state index is 13.5. The number of halogens is 3. The smallest absolute Gasteiger partial charge is 0.387 e. The summed E-state index contributed by atoms with van der Waals surface area (Å²) >= 11 is 0. The van der Waals surface area contributed by atoms with Crippen LogP contribution in [0.5, 0.6) is 0 Å². The normalized spacial score (nSPS) is 21.1. The molecule has 1 unspecified atom stereocenters. The van der Waals surface area contributed by atoms with Crippen molar-refractivity contribution < 1.29 is 23.1 Å². The molecule has 1 fully saturated rings. The zero-order valence-corrected chi connectivity index (χ0v) is 20.9. The molecule has 0 bridgehead atoms. The van der Waals surface area contributed by atoms with Crippen molar-refractivity contribution in [3.8, 4) is 0 Å². The number of alkyl halides is 3. The molecule has 1 saturated heterocycles. The van der Waals surface area contributed by atoms with Gasteiger partial charge in [0, 0.05) is 44.3 Å². The second-order valence-corrected chi connectivity index (χ2v) is 10.1. The van der Waals surface area contributed by atoms with Crippen LogP contribution >= 0.6 is 0 Å². The maximum Gasteiger partial charge on any atom is 0.416 e. The minimum absolute atomic E-state index is 0.0584. The van der Waals surface area contributed by atoms with E-state index in [2.05, 4.69) is 27.1 Å². The van der Waals surface area contributed by atoms with Gasteiger partial charge in [-0.15, -0.1) is 0 Å². The predicted octanol–water partition coefficient (Wildman–Crippen LogP) is 3.54. The fraction of sp³-hybridized carbons (Fsp3) is 0.577. The molecule has 1 aliphatic heterocycles. The number of hydrogen-bond acceptors (Lipinski definition) is 6. The van der Waals surface area contributed by atoms with E-state index in [0.29, 0.717) is 50.4 Å². The summed E-state index contributed by atoms with van der Waals surface area (Å²) in [4.78, 5) is 26.2. The summed E-state index contributed by atoms with van der Waals surface area (Å²) in [7, 11) is 0. The van der Waals surface area contributed by atoms with Gasteiger partial charge in [0.25, 0.3) is 0 Å². The highest BCUT2D eigenvalue weighted by atomic mass is 19.4. The van der Waals surface area contributed by atoms with Gasteiger partial charge in [0.05, 0.1) is 23.3 Å². The highest BCUT2D eigenvalue weighted by Gasteiger charge is 2.35. The summed E-state index contributed by atoms with van der Waals surface area (Å²) in [5.41, 5.74) is 1.46. The van der Waals surface area contributed by atoms with Crippen molar-refractivity contribution in [1.29, 1.82) is 0 Å². The van der Waals surface area contributed by atoms with Gasteiger partial charge in [-0.1, -0.05) is 39.0 Å². The van der Waals surface area contributed by atoms with Crippen LogP contribution < -0.4 is 10.2 Å². The minimum Gasteiger partial charge on any atom is -0.387 e. The molecule has 3 atom stereocenters. The van der Waals surface area contributed by atoms with Crippen LogP contribution in [0.3, 0.4) is 0 Å². The third-order valence-electron chi connectivity index (χ3n) is 7.03.